The number of aromatic amines is 1. The predicted molar refractivity (Wildman–Crippen MR) is 107 cm³/mol. The van der Waals surface area contributed by atoms with E-state index in [9.17, 15) is 9.59 Å². The SMILES string of the molecule is CCc1[nH]c(C(=O)N2CCN(c3cccc(OC)c3)CC2)c(C)c1C(=O)OC. The molecular weight excluding hydrogens is 358 g/mol. The number of hydrogen-bond acceptors (Lipinski definition) is 5. The van der Waals surface area contributed by atoms with Crippen LogP contribution in [0.15, 0.2) is 24.3 Å². The third-order valence-electron chi connectivity index (χ3n) is 5.27. The number of esters is 1. The van der Waals surface area contributed by atoms with Gasteiger partial charge in [0.05, 0.1) is 19.8 Å². The van der Waals surface area contributed by atoms with Crippen LogP contribution in [0.1, 0.15) is 39.0 Å². The number of ether oxygens (including phenoxy) is 2. The summed E-state index contributed by atoms with van der Waals surface area (Å²) in [5.74, 6) is 0.334. The third-order valence-corrected chi connectivity index (χ3v) is 5.27. The van der Waals surface area contributed by atoms with Gasteiger partial charge in [0.15, 0.2) is 0 Å². The molecule has 1 aromatic carbocycles. The smallest absolute Gasteiger partial charge is 0.339 e. The monoisotopic (exact) mass is 385 g/mol. The molecule has 1 fully saturated rings. The van der Waals surface area contributed by atoms with Gasteiger partial charge in [-0.25, -0.2) is 4.79 Å². The number of nitrogens with zero attached hydrogens (tertiary/aromatic N) is 2. The zero-order valence-electron chi connectivity index (χ0n) is 16.9. The maximum atomic E-state index is 13.1. The fourth-order valence-corrected chi connectivity index (χ4v) is 3.65. The average molecular weight is 385 g/mol. The Morgan fingerprint density at radius 2 is 1.86 bits per heavy atom. The first-order valence-corrected chi connectivity index (χ1v) is 9.48. The van der Waals surface area contributed by atoms with Crippen molar-refractivity contribution in [2.75, 3.05) is 45.3 Å². The van der Waals surface area contributed by atoms with Gasteiger partial charge in [-0.3, -0.25) is 4.79 Å². The highest BCUT2D eigenvalue weighted by molar-refractivity contribution is 6.00. The summed E-state index contributed by atoms with van der Waals surface area (Å²) in [5, 5.41) is 0. The molecule has 1 aliphatic rings. The van der Waals surface area contributed by atoms with Crippen LogP contribution < -0.4 is 9.64 Å². The van der Waals surface area contributed by atoms with Crippen molar-refractivity contribution in [3.63, 3.8) is 0 Å². The Labute approximate surface area is 165 Å². The number of H-pyrrole nitrogens is 1. The molecule has 7 heteroatoms. The molecule has 0 aliphatic carbocycles. The van der Waals surface area contributed by atoms with Gasteiger partial charge in [0, 0.05) is 43.6 Å². The van der Waals surface area contributed by atoms with E-state index in [0.717, 1.165) is 30.2 Å². The van der Waals surface area contributed by atoms with Crippen LogP contribution in [0.5, 0.6) is 5.75 Å². The zero-order valence-corrected chi connectivity index (χ0v) is 16.9. The summed E-state index contributed by atoms with van der Waals surface area (Å²) in [5.41, 5.74) is 3.44. The number of piperazine rings is 1. The van der Waals surface area contributed by atoms with Crippen molar-refractivity contribution < 1.29 is 19.1 Å². The van der Waals surface area contributed by atoms with Crippen LogP contribution in [0.25, 0.3) is 0 Å². The number of carbonyl (C=O) groups is 2. The van der Waals surface area contributed by atoms with E-state index < -0.39 is 5.97 Å². The second-order valence-electron chi connectivity index (χ2n) is 6.80. The number of nitrogens with one attached hydrogen (secondary N) is 1. The van der Waals surface area contributed by atoms with E-state index in [4.69, 9.17) is 9.47 Å². The van der Waals surface area contributed by atoms with Gasteiger partial charge in [-0.1, -0.05) is 13.0 Å². The van der Waals surface area contributed by atoms with E-state index in [0.29, 0.717) is 36.3 Å². The Morgan fingerprint density at radius 1 is 1.14 bits per heavy atom. The van der Waals surface area contributed by atoms with Crippen LogP contribution in [-0.4, -0.2) is 62.2 Å². The summed E-state index contributed by atoms with van der Waals surface area (Å²) in [6.45, 7) is 6.44. The minimum absolute atomic E-state index is 0.0763. The molecule has 1 amide bonds. The molecule has 1 aromatic heterocycles. The molecule has 28 heavy (non-hydrogen) atoms. The maximum Gasteiger partial charge on any atom is 0.339 e. The van der Waals surface area contributed by atoms with Gasteiger partial charge >= 0.3 is 5.97 Å². The number of benzene rings is 1. The fraction of sp³-hybridized carbons (Fsp3) is 0.429. The lowest BCUT2D eigenvalue weighted by molar-refractivity contribution is 0.0599. The topological polar surface area (TPSA) is 74.9 Å². The van der Waals surface area contributed by atoms with Crippen LogP contribution >= 0.6 is 0 Å². The van der Waals surface area contributed by atoms with Gasteiger partial charge in [-0.15, -0.1) is 0 Å². The summed E-state index contributed by atoms with van der Waals surface area (Å²) in [6.07, 6.45) is 0.627. The molecule has 2 aromatic rings. The van der Waals surface area contributed by atoms with Crippen molar-refractivity contribution in [1.82, 2.24) is 9.88 Å². The normalized spacial score (nSPS) is 14.1. The highest BCUT2D eigenvalue weighted by Gasteiger charge is 2.28. The van der Waals surface area contributed by atoms with Crippen molar-refractivity contribution in [3.8, 4) is 5.75 Å². The number of rotatable bonds is 5. The quantitative estimate of drug-likeness (QED) is 0.801. The largest absolute Gasteiger partial charge is 0.497 e. The van der Waals surface area contributed by atoms with Crippen LogP contribution in [0.4, 0.5) is 5.69 Å². The third kappa shape index (κ3) is 3.69. The van der Waals surface area contributed by atoms with Gasteiger partial charge < -0.3 is 24.3 Å². The molecule has 3 rings (SSSR count). The highest BCUT2D eigenvalue weighted by Crippen LogP contribution is 2.24. The lowest BCUT2D eigenvalue weighted by atomic mass is 10.1. The molecule has 0 spiro atoms. The zero-order chi connectivity index (χ0) is 20.3. The number of amides is 1. The minimum Gasteiger partial charge on any atom is -0.497 e. The average Bonchev–Trinajstić information content (AvgIpc) is 3.09. The van der Waals surface area contributed by atoms with Gasteiger partial charge in [-0.2, -0.15) is 0 Å². The predicted octanol–water partition coefficient (Wildman–Crippen LogP) is 2.64. The van der Waals surface area contributed by atoms with E-state index in [1.807, 2.05) is 36.1 Å². The molecule has 0 atom stereocenters. The van der Waals surface area contributed by atoms with E-state index >= 15 is 0 Å². The molecule has 0 radical (unpaired) electrons. The van der Waals surface area contributed by atoms with Crippen molar-refractivity contribution in [2.45, 2.75) is 20.3 Å². The first kappa shape index (κ1) is 19.8. The second-order valence-corrected chi connectivity index (χ2v) is 6.80. The van der Waals surface area contributed by atoms with Crippen LogP contribution in [0, 0.1) is 6.92 Å². The molecule has 1 saturated heterocycles. The Hall–Kier alpha value is -2.96. The molecule has 150 valence electrons. The summed E-state index contributed by atoms with van der Waals surface area (Å²) in [7, 11) is 3.01. The summed E-state index contributed by atoms with van der Waals surface area (Å²) in [6, 6.07) is 7.93. The minimum atomic E-state index is -0.410. The summed E-state index contributed by atoms with van der Waals surface area (Å²) in [4.78, 5) is 32.4. The highest BCUT2D eigenvalue weighted by atomic mass is 16.5. The van der Waals surface area contributed by atoms with Crippen molar-refractivity contribution in [3.05, 3.63) is 46.8 Å². The molecule has 2 heterocycles. The van der Waals surface area contributed by atoms with Crippen molar-refractivity contribution in [1.29, 1.82) is 0 Å². The van der Waals surface area contributed by atoms with Crippen molar-refractivity contribution in [2.24, 2.45) is 0 Å². The first-order chi connectivity index (χ1) is 13.5. The van der Waals surface area contributed by atoms with Gasteiger partial charge in [0.1, 0.15) is 11.4 Å². The maximum absolute atomic E-state index is 13.1. The molecule has 7 nitrogen and oxygen atoms in total. The molecular formula is C21H27N3O4. The van der Waals surface area contributed by atoms with Crippen LogP contribution in [0.3, 0.4) is 0 Å². The molecule has 1 aliphatic heterocycles. The number of aromatic nitrogens is 1. The summed E-state index contributed by atoms with van der Waals surface area (Å²) >= 11 is 0. The fourth-order valence-electron chi connectivity index (χ4n) is 3.65. The lowest BCUT2D eigenvalue weighted by Crippen LogP contribution is -2.49. The number of methoxy groups -OCH3 is 2. The van der Waals surface area contributed by atoms with Gasteiger partial charge in [-0.05, 0) is 31.0 Å². The Bertz CT molecular complexity index is 867. The second kappa shape index (κ2) is 8.37. The standard InChI is InChI=1S/C21H27N3O4/c1-5-17-18(21(26)28-4)14(2)19(22-17)20(25)24-11-9-23(10-12-24)15-7-6-8-16(13-15)27-3/h6-8,13,22H,5,9-12H2,1-4H3. The van der Waals surface area contributed by atoms with E-state index in [2.05, 4.69) is 9.88 Å². The van der Waals surface area contributed by atoms with Gasteiger partial charge in [0.25, 0.3) is 5.91 Å². The summed E-state index contributed by atoms with van der Waals surface area (Å²) < 4.78 is 10.2. The molecule has 0 bridgehead atoms. The number of hydrogen-bond donors (Lipinski definition) is 1. The number of carbonyl (C=O) groups excluding carboxylic acids is 2. The molecule has 0 saturated carbocycles. The van der Waals surface area contributed by atoms with E-state index in [-0.39, 0.29) is 5.91 Å². The van der Waals surface area contributed by atoms with Crippen molar-refractivity contribution >= 4 is 17.6 Å². The number of aryl methyl sites for hydroxylation is 1. The number of anilines is 1. The first-order valence-electron chi connectivity index (χ1n) is 9.48. The molecule has 0 unspecified atom stereocenters. The van der Waals surface area contributed by atoms with Gasteiger partial charge in [0.2, 0.25) is 0 Å². The Kier molecular flexibility index (Phi) is 5.92. The Balaban J connectivity index is 1.73. The Morgan fingerprint density at radius 3 is 2.46 bits per heavy atom. The molecule has 1 N–H and O–H groups in total. The van der Waals surface area contributed by atoms with Crippen LogP contribution in [0.2, 0.25) is 0 Å². The van der Waals surface area contributed by atoms with E-state index in [1.165, 1.54) is 7.11 Å². The van der Waals surface area contributed by atoms with E-state index in [1.54, 1.807) is 14.0 Å². The lowest BCUT2D eigenvalue weighted by Gasteiger charge is -2.36. The van der Waals surface area contributed by atoms with Crippen LogP contribution in [-0.2, 0) is 11.2 Å².